The number of hydrogen-bond donors (Lipinski definition) is 2. The van der Waals surface area contributed by atoms with Crippen molar-refractivity contribution in [2.45, 2.75) is 26.1 Å². The Labute approximate surface area is 188 Å². The number of halogens is 1. The average Bonchev–Trinajstić information content (AvgIpc) is 3.42. The van der Waals surface area contributed by atoms with Crippen molar-refractivity contribution >= 4 is 29.2 Å². The Morgan fingerprint density at radius 2 is 2.16 bits per heavy atom. The first-order valence-corrected chi connectivity index (χ1v) is 10.9. The van der Waals surface area contributed by atoms with E-state index in [1.54, 1.807) is 12.1 Å². The van der Waals surface area contributed by atoms with E-state index in [1.807, 2.05) is 29.6 Å². The SMILES string of the molecule is CC(=O)NC[C@H]1CN(c2ccc(-c3cccc(CNCc4csnn4)c3)c(F)c2)C(=O)O1. The summed E-state index contributed by atoms with van der Waals surface area (Å²) in [4.78, 5) is 24.6. The van der Waals surface area contributed by atoms with Gasteiger partial charge in [-0.25, -0.2) is 9.18 Å². The molecule has 0 unspecified atom stereocenters. The van der Waals surface area contributed by atoms with Crippen molar-refractivity contribution in [2.24, 2.45) is 0 Å². The van der Waals surface area contributed by atoms with Crippen LogP contribution in [0.25, 0.3) is 11.1 Å². The van der Waals surface area contributed by atoms with Crippen molar-refractivity contribution in [3.05, 3.63) is 64.9 Å². The number of benzene rings is 2. The first-order valence-electron chi connectivity index (χ1n) is 10.1. The van der Waals surface area contributed by atoms with Crippen LogP contribution in [0.1, 0.15) is 18.2 Å². The molecule has 2 amide bonds. The van der Waals surface area contributed by atoms with Crippen molar-refractivity contribution in [3.63, 3.8) is 0 Å². The Bertz CT molecular complexity index is 1110. The van der Waals surface area contributed by atoms with Crippen LogP contribution in [0.2, 0.25) is 0 Å². The highest BCUT2D eigenvalue weighted by Crippen LogP contribution is 2.29. The maximum Gasteiger partial charge on any atom is 0.414 e. The molecule has 2 N–H and O–H groups in total. The lowest BCUT2D eigenvalue weighted by atomic mass is 10.0. The van der Waals surface area contributed by atoms with Gasteiger partial charge in [0, 0.05) is 31.0 Å². The fraction of sp³-hybridized carbons (Fsp3) is 0.273. The smallest absolute Gasteiger partial charge is 0.414 e. The summed E-state index contributed by atoms with van der Waals surface area (Å²) >= 11 is 1.31. The van der Waals surface area contributed by atoms with Gasteiger partial charge >= 0.3 is 6.09 Å². The molecular formula is C22H22FN5O3S. The molecule has 2 aromatic carbocycles. The summed E-state index contributed by atoms with van der Waals surface area (Å²) in [5.74, 6) is -0.633. The second kappa shape index (κ2) is 9.84. The number of carbonyl (C=O) groups is 2. The first kappa shape index (κ1) is 21.8. The molecule has 3 aromatic rings. The van der Waals surface area contributed by atoms with Crippen LogP contribution in [0.15, 0.2) is 47.8 Å². The van der Waals surface area contributed by atoms with Gasteiger partial charge in [-0.3, -0.25) is 9.69 Å². The molecule has 1 atom stereocenters. The summed E-state index contributed by atoms with van der Waals surface area (Å²) in [5.41, 5.74) is 3.50. The summed E-state index contributed by atoms with van der Waals surface area (Å²) in [7, 11) is 0. The van der Waals surface area contributed by atoms with Crippen LogP contribution >= 0.6 is 11.5 Å². The van der Waals surface area contributed by atoms with Gasteiger partial charge in [0.2, 0.25) is 5.91 Å². The lowest BCUT2D eigenvalue weighted by Crippen LogP contribution is -2.33. The number of aromatic nitrogens is 2. The number of amides is 2. The summed E-state index contributed by atoms with van der Waals surface area (Å²) in [6.45, 7) is 3.08. The van der Waals surface area contributed by atoms with Gasteiger partial charge in [-0.05, 0) is 46.9 Å². The van der Waals surface area contributed by atoms with E-state index in [0.29, 0.717) is 24.3 Å². The highest BCUT2D eigenvalue weighted by Gasteiger charge is 2.32. The molecule has 2 heterocycles. The minimum absolute atomic E-state index is 0.201. The lowest BCUT2D eigenvalue weighted by Gasteiger charge is -2.15. The fourth-order valence-corrected chi connectivity index (χ4v) is 3.90. The third-order valence-electron chi connectivity index (χ3n) is 5.00. The van der Waals surface area contributed by atoms with Crippen molar-refractivity contribution in [2.75, 3.05) is 18.0 Å². The van der Waals surface area contributed by atoms with Gasteiger partial charge in [-0.1, -0.05) is 22.7 Å². The number of cyclic esters (lactones) is 1. The molecule has 1 aliphatic rings. The quantitative estimate of drug-likeness (QED) is 0.542. The second-order valence-electron chi connectivity index (χ2n) is 7.42. The topological polar surface area (TPSA) is 96.5 Å². The zero-order valence-corrected chi connectivity index (χ0v) is 18.2. The van der Waals surface area contributed by atoms with Crippen LogP contribution in [0, 0.1) is 5.82 Å². The number of carbonyl (C=O) groups excluding carboxylic acids is 2. The minimum atomic E-state index is -0.559. The number of ether oxygens (including phenoxy) is 1. The predicted octanol–water partition coefficient (Wildman–Crippen LogP) is 3.10. The molecule has 166 valence electrons. The molecule has 0 saturated carbocycles. The lowest BCUT2D eigenvalue weighted by molar-refractivity contribution is -0.119. The number of rotatable bonds is 8. The van der Waals surface area contributed by atoms with E-state index >= 15 is 0 Å². The Morgan fingerprint density at radius 3 is 2.91 bits per heavy atom. The molecule has 0 spiro atoms. The largest absolute Gasteiger partial charge is 0.442 e. The Hall–Kier alpha value is -3.37. The summed E-state index contributed by atoms with van der Waals surface area (Å²) < 4.78 is 24.1. The molecular weight excluding hydrogens is 433 g/mol. The second-order valence-corrected chi connectivity index (χ2v) is 8.03. The zero-order chi connectivity index (χ0) is 22.5. The molecule has 0 aliphatic carbocycles. The molecule has 1 aromatic heterocycles. The van der Waals surface area contributed by atoms with Gasteiger partial charge in [0.25, 0.3) is 0 Å². The maximum absolute atomic E-state index is 15.0. The number of nitrogens with one attached hydrogen (secondary N) is 2. The van der Waals surface area contributed by atoms with Crippen molar-refractivity contribution in [1.29, 1.82) is 0 Å². The summed E-state index contributed by atoms with van der Waals surface area (Å²) in [6, 6.07) is 12.3. The zero-order valence-electron chi connectivity index (χ0n) is 17.4. The third kappa shape index (κ3) is 5.27. The van der Waals surface area contributed by atoms with E-state index in [9.17, 15) is 14.0 Å². The highest BCUT2D eigenvalue weighted by atomic mass is 32.1. The summed E-state index contributed by atoms with van der Waals surface area (Å²) in [6.07, 6.45) is -1.03. The number of anilines is 1. The van der Waals surface area contributed by atoms with Gasteiger partial charge in [-0.2, -0.15) is 0 Å². The molecule has 1 fully saturated rings. The maximum atomic E-state index is 15.0. The van der Waals surface area contributed by atoms with Crippen LogP contribution < -0.4 is 15.5 Å². The fourth-order valence-electron chi connectivity index (χ4n) is 3.45. The van der Waals surface area contributed by atoms with Crippen LogP contribution in [-0.2, 0) is 22.6 Å². The van der Waals surface area contributed by atoms with E-state index in [4.69, 9.17) is 4.74 Å². The number of nitrogens with zero attached hydrogens (tertiary/aromatic N) is 3. The predicted molar refractivity (Wildman–Crippen MR) is 119 cm³/mol. The molecule has 8 nitrogen and oxygen atoms in total. The normalized spacial score (nSPS) is 15.6. The van der Waals surface area contributed by atoms with Gasteiger partial charge in [-0.15, -0.1) is 5.10 Å². The molecule has 1 saturated heterocycles. The van der Waals surface area contributed by atoms with Gasteiger partial charge in [0.1, 0.15) is 11.9 Å². The van der Waals surface area contributed by atoms with Gasteiger partial charge < -0.3 is 15.4 Å². The van der Waals surface area contributed by atoms with Gasteiger partial charge in [0.05, 0.1) is 24.5 Å². The minimum Gasteiger partial charge on any atom is -0.442 e. The molecule has 32 heavy (non-hydrogen) atoms. The van der Waals surface area contributed by atoms with Crippen LogP contribution in [0.3, 0.4) is 0 Å². The number of hydrogen-bond acceptors (Lipinski definition) is 7. The van der Waals surface area contributed by atoms with E-state index in [-0.39, 0.29) is 19.0 Å². The molecule has 10 heteroatoms. The Morgan fingerprint density at radius 1 is 1.28 bits per heavy atom. The van der Waals surface area contributed by atoms with Crippen LogP contribution in [-0.4, -0.2) is 40.8 Å². The van der Waals surface area contributed by atoms with E-state index in [0.717, 1.165) is 16.8 Å². The van der Waals surface area contributed by atoms with Crippen LogP contribution in [0.4, 0.5) is 14.9 Å². The standard InChI is InChI=1S/C22H22FN5O3S/c1-14(29)25-11-19-12-28(22(30)31-19)18-5-6-20(21(23)8-18)16-4-2-3-15(7-16)9-24-10-17-13-32-27-26-17/h2-8,13,19,24H,9-12H2,1H3,(H,25,29)/t19-/m0/s1. The highest BCUT2D eigenvalue weighted by molar-refractivity contribution is 7.03. The van der Waals surface area contributed by atoms with E-state index in [1.165, 1.54) is 29.4 Å². The van der Waals surface area contributed by atoms with E-state index in [2.05, 4.69) is 20.2 Å². The average molecular weight is 456 g/mol. The molecule has 4 rings (SSSR count). The van der Waals surface area contributed by atoms with E-state index < -0.39 is 18.0 Å². The third-order valence-corrected chi connectivity index (χ3v) is 5.55. The molecule has 0 radical (unpaired) electrons. The Balaban J connectivity index is 1.43. The van der Waals surface area contributed by atoms with Crippen LogP contribution in [0.5, 0.6) is 0 Å². The van der Waals surface area contributed by atoms with Gasteiger partial charge in [0.15, 0.2) is 0 Å². The first-order chi connectivity index (χ1) is 15.5. The van der Waals surface area contributed by atoms with Crippen molar-refractivity contribution < 1.29 is 18.7 Å². The monoisotopic (exact) mass is 455 g/mol. The molecule has 1 aliphatic heterocycles. The molecule has 0 bridgehead atoms. The summed E-state index contributed by atoms with van der Waals surface area (Å²) in [5, 5.41) is 11.8. The van der Waals surface area contributed by atoms with Crippen molar-refractivity contribution in [1.82, 2.24) is 20.2 Å². The van der Waals surface area contributed by atoms with Crippen molar-refractivity contribution in [3.8, 4) is 11.1 Å². The Kier molecular flexibility index (Phi) is 6.72.